The van der Waals surface area contributed by atoms with E-state index in [1.54, 1.807) is 6.26 Å². The lowest BCUT2D eigenvalue weighted by Gasteiger charge is -2.13. The monoisotopic (exact) mass is 292 g/mol. The minimum atomic E-state index is -0.965. The summed E-state index contributed by atoms with van der Waals surface area (Å²) in [5.41, 5.74) is 2.65. The second kappa shape index (κ2) is 5.58. The van der Waals surface area contributed by atoms with Gasteiger partial charge < -0.3 is 5.10 Å². The molecule has 0 saturated carbocycles. The molecule has 0 aliphatic carbocycles. The van der Waals surface area contributed by atoms with Gasteiger partial charge in [0.2, 0.25) is 0 Å². The molecule has 1 aromatic heterocycles. The van der Waals surface area contributed by atoms with Crippen molar-refractivity contribution >= 4 is 10.8 Å². The number of hydrogen-bond donors (Lipinski definition) is 2. The summed E-state index contributed by atoms with van der Waals surface area (Å²) in [4.78, 5) is 23.3. The van der Waals surface area contributed by atoms with Crippen molar-refractivity contribution in [1.29, 1.82) is 0 Å². The normalized spacial score (nSPS) is 12.3. The van der Waals surface area contributed by atoms with Crippen molar-refractivity contribution in [3.63, 3.8) is 0 Å². The molecule has 0 fully saturated rings. The Hall–Kier alpha value is -1.95. The Kier molecular flexibility index (Phi) is 4.04. The zero-order chi connectivity index (χ0) is 14.9. The SMILES string of the molecule is Cc1ccc(-c2c[nH][nH]c(=O)c2=O)c(C)c1C[S@@](C)=O. The van der Waals surface area contributed by atoms with Crippen LogP contribution in [-0.2, 0) is 16.6 Å². The summed E-state index contributed by atoms with van der Waals surface area (Å²) in [5, 5.41) is 4.82. The van der Waals surface area contributed by atoms with Crippen molar-refractivity contribution in [1.82, 2.24) is 10.2 Å². The van der Waals surface area contributed by atoms with Gasteiger partial charge in [-0.2, -0.15) is 0 Å². The van der Waals surface area contributed by atoms with Gasteiger partial charge in [-0.25, -0.2) is 0 Å². The summed E-state index contributed by atoms with van der Waals surface area (Å²) in [7, 11) is -0.965. The maximum Gasteiger partial charge on any atom is 0.310 e. The van der Waals surface area contributed by atoms with E-state index in [2.05, 4.69) is 10.2 Å². The summed E-state index contributed by atoms with van der Waals surface area (Å²) in [5.74, 6) is 0.437. The van der Waals surface area contributed by atoms with E-state index in [0.29, 0.717) is 16.9 Å². The lowest BCUT2D eigenvalue weighted by Crippen LogP contribution is -2.28. The highest BCUT2D eigenvalue weighted by atomic mass is 32.2. The number of aryl methyl sites for hydroxylation is 1. The van der Waals surface area contributed by atoms with Gasteiger partial charge in [-0.3, -0.25) is 18.9 Å². The van der Waals surface area contributed by atoms with Gasteiger partial charge in [0.25, 0.3) is 5.43 Å². The van der Waals surface area contributed by atoms with Crippen LogP contribution in [-0.4, -0.2) is 20.7 Å². The molecule has 0 bridgehead atoms. The first-order chi connectivity index (χ1) is 9.41. The Bertz CT molecular complexity index is 790. The van der Waals surface area contributed by atoms with Crippen molar-refractivity contribution < 1.29 is 4.21 Å². The molecule has 106 valence electrons. The van der Waals surface area contributed by atoms with Crippen LogP contribution in [0.25, 0.3) is 11.1 Å². The van der Waals surface area contributed by atoms with E-state index >= 15 is 0 Å². The molecule has 20 heavy (non-hydrogen) atoms. The molecule has 0 saturated heterocycles. The number of benzene rings is 1. The van der Waals surface area contributed by atoms with Gasteiger partial charge in [-0.05, 0) is 36.1 Å². The molecule has 0 unspecified atom stereocenters. The number of aromatic nitrogens is 2. The van der Waals surface area contributed by atoms with E-state index in [4.69, 9.17) is 0 Å². The molecule has 5 nitrogen and oxygen atoms in total. The van der Waals surface area contributed by atoms with Crippen LogP contribution in [0.3, 0.4) is 0 Å². The second-order valence-corrected chi connectivity index (χ2v) is 6.17. The third-order valence-electron chi connectivity index (χ3n) is 3.32. The van der Waals surface area contributed by atoms with E-state index in [1.165, 1.54) is 6.20 Å². The van der Waals surface area contributed by atoms with Gasteiger partial charge in [-0.15, -0.1) is 0 Å². The standard InChI is InChI=1S/C14H16N2O3S/c1-8-4-5-10(9(2)12(8)7-20(3)19)11-6-15-16-14(18)13(11)17/h4-6H,7H2,1-3H3,(H,15,17)(H,16,18)/t20-/m1/s1. The Balaban J connectivity index is 2.70. The summed E-state index contributed by atoms with van der Waals surface area (Å²) in [6.45, 7) is 3.83. The zero-order valence-electron chi connectivity index (χ0n) is 11.6. The highest BCUT2D eigenvalue weighted by Gasteiger charge is 2.13. The maximum atomic E-state index is 11.9. The molecule has 1 heterocycles. The fraction of sp³-hybridized carbons (Fsp3) is 0.286. The van der Waals surface area contributed by atoms with E-state index in [0.717, 1.165) is 16.7 Å². The van der Waals surface area contributed by atoms with Gasteiger partial charge in [-0.1, -0.05) is 12.1 Å². The Labute approximate surface area is 118 Å². The van der Waals surface area contributed by atoms with Crippen LogP contribution in [0, 0.1) is 13.8 Å². The predicted molar refractivity (Wildman–Crippen MR) is 80.4 cm³/mol. The maximum absolute atomic E-state index is 11.9. The van der Waals surface area contributed by atoms with E-state index in [1.807, 2.05) is 26.0 Å². The molecule has 0 radical (unpaired) electrons. The highest BCUT2D eigenvalue weighted by Crippen LogP contribution is 2.25. The molecule has 0 spiro atoms. The van der Waals surface area contributed by atoms with Crippen LogP contribution in [0.4, 0.5) is 0 Å². The minimum Gasteiger partial charge on any atom is -0.305 e. The van der Waals surface area contributed by atoms with Gasteiger partial charge >= 0.3 is 5.56 Å². The van der Waals surface area contributed by atoms with Crippen molar-refractivity contribution in [2.45, 2.75) is 19.6 Å². The molecule has 1 atom stereocenters. The van der Waals surface area contributed by atoms with Crippen molar-refractivity contribution in [2.24, 2.45) is 0 Å². The minimum absolute atomic E-state index is 0.328. The Morgan fingerprint density at radius 1 is 1.15 bits per heavy atom. The van der Waals surface area contributed by atoms with Crippen LogP contribution in [0.1, 0.15) is 16.7 Å². The number of aromatic amines is 2. The Morgan fingerprint density at radius 3 is 2.50 bits per heavy atom. The fourth-order valence-electron chi connectivity index (χ4n) is 2.23. The number of hydrogen-bond acceptors (Lipinski definition) is 3. The molecule has 0 aliphatic rings. The summed E-state index contributed by atoms with van der Waals surface area (Å²) in [6.07, 6.45) is 3.12. The van der Waals surface area contributed by atoms with Crippen LogP contribution in [0.15, 0.2) is 27.9 Å². The molecule has 2 rings (SSSR count). The average molecular weight is 292 g/mol. The number of rotatable bonds is 3. The van der Waals surface area contributed by atoms with Crippen LogP contribution in [0.5, 0.6) is 0 Å². The average Bonchev–Trinajstić information content (AvgIpc) is 2.38. The van der Waals surface area contributed by atoms with Crippen molar-refractivity contribution in [2.75, 3.05) is 6.26 Å². The molecule has 0 amide bonds. The summed E-state index contributed by atoms with van der Waals surface area (Å²) >= 11 is 0. The summed E-state index contributed by atoms with van der Waals surface area (Å²) < 4.78 is 11.5. The first kappa shape index (κ1) is 14.5. The highest BCUT2D eigenvalue weighted by molar-refractivity contribution is 7.83. The lowest BCUT2D eigenvalue weighted by molar-refractivity contribution is 0.686. The summed E-state index contributed by atoms with van der Waals surface area (Å²) in [6, 6.07) is 3.70. The fourth-order valence-corrected chi connectivity index (χ4v) is 3.08. The van der Waals surface area contributed by atoms with Crippen molar-refractivity contribution in [3.8, 4) is 11.1 Å². The molecule has 6 heteroatoms. The molecular weight excluding hydrogens is 276 g/mol. The van der Waals surface area contributed by atoms with Gasteiger partial charge in [0, 0.05) is 29.0 Å². The first-order valence-corrected chi connectivity index (χ1v) is 7.84. The quantitative estimate of drug-likeness (QED) is 0.835. The van der Waals surface area contributed by atoms with E-state index < -0.39 is 21.8 Å². The number of H-pyrrole nitrogens is 2. The van der Waals surface area contributed by atoms with Gasteiger partial charge in [0.05, 0.1) is 5.56 Å². The number of nitrogens with one attached hydrogen (secondary N) is 2. The van der Waals surface area contributed by atoms with Gasteiger partial charge in [0.15, 0.2) is 0 Å². The van der Waals surface area contributed by atoms with Crippen LogP contribution >= 0.6 is 0 Å². The zero-order valence-corrected chi connectivity index (χ0v) is 12.4. The molecule has 2 aromatic rings. The van der Waals surface area contributed by atoms with E-state index in [-0.39, 0.29) is 0 Å². The largest absolute Gasteiger partial charge is 0.310 e. The second-order valence-electron chi connectivity index (χ2n) is 4.74. The third kappa shape index (κ3) is 2.65. The third-order valence-corrected chi connectivity index (χ3v) is 4.02. The van der Waals surface area contributed by atoms with E-state index in [9.17, 15) is 13.8 Å². The topological polar surface area (TPSA) is 82.8 Å². The Morgan fingerprint density at radius 2 is 1.85 bits per heavy atom. The molecule has 0 aliphatic heterocycles. The smallest absolute Gasteiger partial charge is 0.305 e. The van der Waals surface area contributed by atoms with Crippen LogP contribution < -0.4 is 11.0 Å². The van der Waals surface area contributed by atoms with Crippen molar-refractivity contribution in [3.05, 3.63) is 55.6 Å². The lowest BCUT2D eigenvalue weighted by atomic mass is 9.95. The van der Waals surface area contributed by atoms with Gasteiger partial charge in [0.1, 0.15) is 0 Å². The predicted octanol–water partition coefficient (Wildman–Crippen LogP) is 1.23. The first-order valence-electron chi connectivity index (χ1n) is 6.11. The molecule has 1 aromatic carbocycles. The van der Waals surface area contributed by atoms with Crippen LogP contribution in [0.2, 0.25) is 0 Å². The molecular formula is C14H16N2O3S. The molecule has 2 N–H and O–H groups in total.